The lowest BCUT2D eigenvalue weighted by molar-refractivity contribution is -0.322. The Kier molecular flexibility index (Phi) is 4.00. The van der Waals surface area contributed by atoms with Gasteiger partial charge in [0.05, 0.1) is 12.2 Å². The Morgan fingerprint density at radius 2 is 1.19 bits per heavy atom. The maximum absolute atomic E-state index is 13.4. The van der Waals surface area contributed by atoms with Crippen LogP contribution in [0.25, 0.3) is 0 Å². The van der Waals surface area contributed by atoms with E-state index in [1.807, 2.05) is 0 Å². The van der Waals surface area contributed by atoms with Gasteiger partial charge in [-0.3, -0.25) is 0 Å². The van der Waals surface area contributed by atoms with Crippen LogP contribution < -0.4 is 0 Å². The molecule has 0 aromatic heterocycles. The smallest absolute Gasteiger partial charge is 0.375 e. The van der Waals surface area contributed by atoms with Gasteiger partial charge >= 0.3 is 12.4 Å². The molecule has 0 saturated carbocycles. The Hall–Kier alpha value is -0.540. The normalized spacial score (nSPS) is 40.0. The second kappa shape index (κ2) is 4.99. The lowest BCUT2D eigenvalue weighted by Crippen LogP contribution is -2.57. The second-order valence-electron chi connectivity index (χ2n) is 5.17. The quantitative estimate of drug-likeness (QED) is 0.744. The largest absolute Gasteiger partial charge is 0.420 e. The van der Waals surface area contributed by atoms with Gasteiger partial charge in [-0.2, -0.15) is 26.3 Å². The molecule has 2 saturated heterocycles. The predicted octanol–water partition coefficient (Wildman–Crippen LogP) is 3.22. The first-order chi connectivity index (χ1) is 9.54. The zero-order chi connectivity index (χ0) is 16.1. The Morgan fingerprint density at radius 3 is 1.43 bits per heavy atom. The molecule has 0 radical (unpaired) electrons. The van der Waals surface area contributed by atoms with Crippen molar-refractivity contribution >= 4 is 0 Å². The Morgan fingerprint density at radius 1 is 0.857 bits per heavy atom. The summed E-state index contributed by atoms with van der Waals surface area (Å²) in [5, 5.41) is 0. The summed E-state index contributed by atoms with van der Waals surface area (Å²) in [5.74, 6) is 0. The SMILES string of the molecule is CCO[C@H]1C[C@]2(C(F)(F)F)O[C@@]1(C(F)(F)F)C[C@H]2OCC. The second-order valence-corrected chi connectivity index (χ2v) is 5.17. The van der Waals surface area contributed by atoms with Crippen LogP contribution >= 0.6 is 0 Å². The number of hydrogen-bond donors (Lipinski definition) is 0. The molecule has 0 spiro atoms. The molecule has 2 fully saturated rings. The molecule has 4 atom stereocenters. The number of ether oxygens (including phenoxy) is 3. The van der Waals surface area contributed by atoms with Gasteiger partial charge in [0.15, 0.2) is 11.2 Å². The van der Waals surface area contributed by atoms with E-state index in [1.165, 1.54) is 13.8 Å². The first-order valence-electron chi connectivity index (χ1n) is 6.61. The highest BCUT2D eigenvalue weighted by molar-refractivity contribution is 5.21. The van der Waals surface area contributed by atoms with E-state index in [4.69, 9.17) is 9.47 Å². The molecule has 0 N–H and O–H groups in total. The van der Waals surface area contributed by atoms with Gasteiger partial charge in [-0.1, -0.05) is 0 Å². The molecule has 3 nitrogen and oxygen atoms in total. The van der Waals surface area contributed by atoms with Crippen molar-refractivity contribution in [3.63, 3.8) is 0 Å². The molecule has 0 amide bonds. The molecule has 0 unspecified atom stereocenters. The number of fused-ring (bicyclic) bond motifs is 2. The van der Waals surface area contributed by atoms with Gasteiger partial charge < -0.3 is 14.2 Å². The fraction of sp³-hybridized carbons (Fsp3) is 1.00. The first kappa shape index (κ1) is 16.8. The van der Waals surface area contributed by atoms with Gasteiger partial charge in [0.1, 0.15) is 0 Å². The van der Waals surface area contributed by atoms with Crippen molar-refractivity contribution in [2.75, 3.05) is 13.2 Å². The molecule has 2 aliphatic heterocycles. The summed E-state index contributed by atoms with van der Waals surface area (Å²) in [6.07, 6.45) is -15.1. The van der Waals surface area contributed by atoms with Crippen LogP contribution in [-0.4, -0.2) is 49.0 Å². The maximum atomic E-state index is 13.4. The van der Waals surface area contributed by atoms with Crippen molar-refractivity contribution < 1.29 is 40.6 Å². The van der Waals surface area contributed by atoms with Gasteiger partial charge in [0.25, 0.3) is 0 Å². The van der Waals surface area contributed by atoms with E-state index in [1.54, 1.807) is 0 Å². The van der Waals surface area contributed by atoms with Crippen molar-refractivity contribution in [3.05, 3.63) is 0 Å². The minimum absolute atomic E-state index is 0.126. The minimum Gasteiger partial charge on any atom is -0.375 e. The molecule has 2 rings (SSSR count). The fourth-order valence-corrected chi connectivity index (χ4v) is 3.18. The van der Waals surface area contributed by atoms with E-state index in [0.29, 0.717) is 0 Å². The molecule has 2 heterocycles. The fourth-order valence-electron chi connectivity index (χ4n) is 3.18. The maximum Gasteiger partial charge on any atom is 0.420 e. The highest BCUT2D eigenvalue weighted by Crippen LogP contribution is 2.63. The lowest BCUT2D eigenvalue weighted by Gasteiger charge is -2.37. The summed E-state index contributed by atoms with van der Waals surface area (Å²) < 4.78 is 94.6. The average molecular weight is 322 g/mol. The summed E-state index contributed by atoms with van der Waals surface area (Å²) in [6, 6.07) is 0. The van der Waals surface area contributed by atoms with E-state index in [9.17, 15) is 26.3 Å². The Balaban J connectivity index is 2.46. The van der Waals surface area contributed by atoms with Crippen LogP contribution in [0.5, 0.6) is 0 Å². The molecule has 0 aromatic rings. The van der Waals surface area contributed by atoms with Crippen LogP contribution in [0.3, 0.4) is 0 Å². The van der Waals surface area contributed by atoms with Crippen LogP contribution in [0.4, 0.5) is 26.3 Å². The zero-order valence-electron chi connectivity index (χ0n) is 11.5. The van der Waals surface area contributed by atoms with Gasteiger partial charge in [-0.15, -0.1) is 0 Å². The van der Waals surface area contributed by atoms with E-state index in [-0.39, 0.29) is 13.2 Å². The third-order valence-electron chi connectivity index (χ3n) is 4.08. The molecule has 0 aliphatic carbocycles. The zero-order valence-corrected chi connectivity index (χ0v) is 11.5. The molecule has 124 valence electrons. The van der Waals surface area contributed by atoms with Crippen LogP contribution in [0.2, 0.25) is 0 Å². The molecule has 2 bridgehead atoms. The molecule has 2 aliphatic rings. The molecule has 9 heteroatoms. The average Bonchev–Trinajstić information content (AvgIpc) is 2.82. The highest BCUT2D eigenvalue weighted by Gasteiger charge is 2.83. The topological polar surface area (TPSA) is 27.7 Å². The summed E-state index contributed by atoms with van der Waals surface area (Å²) in [6.45, 7) is 2.60. The van der Waals surface area contributed by atoms with E-state index < -0.39 is 48.6 Å². The number of rotatable bonds is 4. The van der Waals surface area contributed by atoms with Crippen molar-refractivity contribution in [1.82, 2.24) is 0 Å². The third-order valence-corrected chi connectivity index (χ3v) is 4.08. The number of halogens is 6. The van der Waals surface area contributed by atoms with Crippen LogP contribution in [0.15, 0.2) is 0 Å². The molecule has 21 heavy (non-hydrogen) atoms. The third kappa shape index (κ3) is 2.24. The van der Waals surface area contributed by atoms with Gasteiger partial charge in [0.2, 0.25) is 0 Å². The van der Waals surface area contributed by atoms with Crippen LogP contribution in [0.1, 0.15) is 26.7 Å². The number of hydrogen-bond acceptors (Lipinski definition) is 3. The van der Waals surface area contributed by atoms with Crippen LogP contribution in [-0.2, 0) is 14.2 Å². The predicted molar refractivity (Wildman–Crippen MR) is 58.7 cm³/mol. The Bertz CT molecular complexity index is 359. The van der Waals surface area contributed by atoms with Crippen molar-refractivity contribution in [2.45, 2.75) is 62.5 Å². The van der Waals surface area contributed by atoms with E-state index in [2.05, 4.69) is 4.74 Å². The monoisotopic (exact) mass is 322 g/mol. The lowest BCUT2D eigenvalue weighted by atomic mass is 9.76. The standard InChI is InChI=1S/C12H16F6O3/c1-3-19-7-5-10(12(16,17)18)8(20-4-2)6-9(7,21-10)11(13,14)15/h7-8H,3-6H2,1-2H3/t7-,8+,9-,10-/m0/s1. The first-order valence-corrected chi connectivity index (χ1v) is 6.61. The van der Waals surface area contributed by atoms with Crippen molar-refractivity contribution in [1.29, 1.82) is 0 Å². The van der Waals surface area contributed by atoms with E-state index >= 15 is 0 Å². The van der Waals surface area contributed by atoms with Crippen molar-refractivity contribution in [3.8, 4) is 0 Å². The number of alkyl halides is 6. The van der Waals surface area contributed by atoms with E-state index in [0.717, 1.165) is 0 Å². The molecule has 0 aromatic carbocycles. The Labute approximate surface area is 117 Å². The summed E-state index contributed by atoms with van der Waals surface area (Å²) in [4.78, 5) is 0. The summed E-state index contributed by atoms with van der Waals surface area (Å²) >= 11 is 0. The molecular weight excluding hydrogens is 306 g/mol. The van der Waals surface area contributed by atoms with Gasteiger partial charge in [-0.05, 0) is 13.8 Å². The summed E-state index contributed by atoms with van der Waals surface area (Å²) in [5.41, 5.74) is -5.92. The van der Waals surface area contributed by atoms with Crippen LogP contribution in [0, 0.1) is 0 Å². The highest BCUT2D eigenvalue weighted by atomic mass is 19.4. The van der Waals surface area contributed by atoms with Crippen molar-refractivity contribution in [2.24, 2.45) is 0 Å². The summed E-state index contributed by atoms with van der Waals surface area (Å²) in [7, 11) is 0. The minimum atomic E-state index is -4.97. The van der Waals surface area contributed by atoms with Gasteiger partial charge in [0, 0.05) is 26.1 Å². The molecular formula is C12H16F6O3. The van der Waals surface area contributed by atoms with Gasteiger partial charge in [-0.25, -0.2) is 0 Å².